The maximum atomic E-state index is 12.7. The van der Waals surface area contributed by atoms with Crippen LogP contribution >= 0.6 is 0 Å². The van der Waals surface area contributed by atoms with Gasteiger partial charge in [0.15, 0.2) is 0 Å². The van der Waals surface area contributed by atoms with Crippen molar-refractivity contribution >= 4 is 5.91 Å². The second-order valence-corrected chi connectivity index (χ2v) is 5.95. The molecule has 1 fully saturated rings. The molecule has 1 atom stereocenters. The van der Waals surface area contributed by atoms with Gasteiger partial charge in [-0.15, -0.1) is 0 Å². The minimum atomic E-state index is 0.121. The zero-order valence-electron chi connectivity index (χ0n) is 12.7. The van der Waals surface area contributed by atoms with Crippen LogP contribution in [0.1, 0.15) is 42.7 Å². The largest absolute Gasteiger partial charge is 0.336 e. The number of hydrogen-bond donors (Lipinski definition) is 1. The van der Waals surface area contributed by atoms with E-state index in [0.717, 1.165) is 30.9 Å². The van der Waals surface area contributed by atoms with Crippen molar-refractivity contribution < 1.29 is 4.79 Å². The van der Waals surface area contributed by atoms with Gasteiger partial charge in [-0.2, -0.15) is 0 Å². The van der Waals surface area contributed by atoms with Gasteiger partial charge in [0.25, 0.3) is 5.91 Å². The summed E-state index contributed by atoms with van der Waals surface area (Å²) in [6.45, 7) is 9.05. The number of nitrogens with one attached hydrogen (secondary N) is 1. The summed E-state index contributed by atoms with van der Waals surface area (Å²) in [7, 11) is 0. The quantitative estimate of drug-likeness (QED) is 0.916. The lowest BCUT2D eigenvalue weighted by Gasteiger charge is -2.33. The second kappa shape index (κ2) is 6.84. The van der Waals surface area contributed by atoms with Gasteiger partial charge in [0.2, 0.25) is 0 Å². The van der Waals surface area contributed by atoms with Crippen molar-refractivity contribution in [3.05, 3.63) is 29.6 Å². The number of rotatable bonds is 4. The maximum Gasteiger partial charge on any atom is 0.254 e. The normalized spacial score (nSPS) is 19.1. The third-order valence-electron chi connectivity index (χ3n) is 3.88. The van der Waals surface area contributed by atoms with Crippen molar-refractivity contribution in [1.29, 1.82) is 0 Å². The van der Waals surface area contributed by atoms with Crippen LogP contribution in [0.3, 0.4) is 0 Å². The number of nitrogens with zero attached hydrogens (tertiary/aromatic N) is 2. The average molecular weight is 275 g/mol. The van der Waals surface area contributed by atoms with E-state index >= 15 is 0 Å². The Kier molecular flexibility index (Phi) is 5.12. The first-order chi connectivity index (χ1) is 9.58. The van der Waals surface area contributed by atoms with Crippen LogP contribution < -0.4 is 5.32 Å². The molecular formula is C16H25N3O. The number of aromatic nitrogens is 1. The summed E-state index contributed by atoms with van der Waals surface area (Å²) < 4.78 is 0. The van der Waals surface area contributed by atoms with E-state index < -0.39 is 0 Å². The molecule has 1 amide bonds. The number of aryl methyl sites for hydroxylation is 1. The van der Waals surface area contributed by atoms with Gasteiger partial charge in [0.1, 0.15) is 0 Å². The molecule has 0 bridgehead atoms. The topological polar surface area (TPSA) is 45.2 Å². The van der Waals surface area contributed by atoms with Crippen LogP contribution in [0.5, 0.6) is 0 Å². The molecule has 1 unspecified atom stereocenters. The molecule has 2 heterocycles. The highest BCUT2D eigenvalue weighted by Crippen LogP contribution is 2.16. The van der Waals surface area contributed by atoms with E-state index in [4.69, 9.17) is 0 Å². The first-order valence-electron chi connectivity index (χ1n) is 7.52. The molecule has 1 aliphatic rings. The van der Waals surface area contributed by atoms with Gasteiger partial charge >= 0.3 is 0 Å². The monoisotopic (exact) mass is 275 g/mol. The summed E-state index contributed by atoms with van der Waals surface area (Å²) in [6, 6.07) is 3.90. The van der Waals surface area contributed by atoms with Gasteiger partial charge in [0.05, 0.1) is 0 Å². The smallest absolute Gasteiger partial charge is 0.254 e. The van der Waals surface area contributed by atoms with Gasteiger partial charge < -0.3 is 10.2 Å². The third-order valence-corrected chi connectivity index (χ3v) is 3.88. The molecule has 1 aromatic heterocycles. The third kappa shape index (κ3) is 3.79. The van der Waals surface area contributed by atoms with E-state index in [9.17, 15) is 4.79 Å². The van der Waals surface area contributed by atoms with Crippen molar-refractivity contribution in [2.75, 3.05) is 19.6 Å². The summed E-state index contributed by atoms with van der Waals surface area (Å²) >= 11 is 0. The lowest BCUT2D eigenvalue weighted by Crippen LogP contribution is -2.44. The SMILES string of the molecule is Cc1cc(C(=O)N(CC2CCCNC2)C(C)C)ccn1. The van der Waals surface area contributed by atoms with Crippen LogP contribution in [0.25, 0.3) is 0 Å². The van der Waals surface area contributed by atoms with Crippen LogP contribution in [-0.2, 0) is 0 Å². The number of pyridine rings is 1. The molecule has 20 heavy (non-hydrogen) atoms. The molecule has 4 heteroatoms. The Morgan fingerprint density at radius 3 is 2.95 bits per heavy atom. The summed E-state index contributed by atoms with van der Waals surface area (Å²) in [5.74, 6) is 0.689. The van der Waals surface area contributed by atoms with E-state index in [0.29, 0.717) is 5.92 Å². The number of carbonyl (C=O) groups excluding carboxylic acids is 1. The van der Waals surface area contributed by atoms with Crippen LogP contribution in [0, 0.1) is 12.8 Å². The van der Waals surface area contributed by atoms with Crippen LogP contribution in [0.15, 0.2) is 18.3 Å². The van der Waals surface area contributed by atoms with Crippen molar-refractivity contribution in [2.45, 2.75) is 39.7 Å². The molecule has 2 rings (SSSR count). The Hall–Kier alpha value is -1.42. The van der Waals surface area contributed by atoms with Crippen molar-refractivity contribution in [2.24, 2.45) is 5.92 Å². The van der Waals surface area contributed by atoms with E-state index in [-0.39, 0.29) is 11.9 Å². The zero-order chi connectivity index (χ0) is 14.5. The Labute approximate surface area is 121 Å². The van der Waals surface area contributed by atoms with Gasteiger partial charge in [-0.1, -0.05) is 0 Å². The fourth-order valence-electron chi connectivity index (χ4n) is 2.73. The molecule has 0 spiro atoms. The summed E-state index contributed by atoms with van der Waals surface area (Å²) in [5.41, 5.74) is 1.63. The fourth-order valence-corrected chi connectivity index (χ4v) is 2.73. The maximum absolute atomic E-state index is 12.7. The molecule has 110 valence electrons. The Morgan fingerprint density at radius 2 is 2.35 bits per heavy atom. The minimum absolute atomic E-state index is 0.121. The zero-order valence-corrected chi connectivity index (χ0v) is 12.7. The number of piperidine rings is 1. The molecule has 1 saturated heterocycles. The highest BCUT2D eigenvalue weighted by Gasteiger charge is 2.23. The summed E-state index contributed by atoms with van der Waals surface area (Å²) in [6.07, 6.45) is 4.13. The predicted molar refractivity (Wildman–Crippen MR) is 80.7 cm³/mol. The molecule has 1 aromatic rings. The van der Waals surface area contributed by atoms with Crippen LogP contribution in [0.2, 0.25) is 0 Å². The molecule has 4 nitrogen and oxygen atoms in total. The molecular weight excluding hydrogens is 250 g/mol. The molecule has 1 N–H and O–H groups in total. The van der Waals surface area contributed by atoms with Crippen molar-refractivity contribution in [3.8, 4) is 0 Å². The average Bonchev–Trinajstić information content (AvgIpc) is 2.45. The first kappa shape index (κ1) is 15.0. The molecule has 0 saturated carbocycles. The number of amides is 1. The van der Waals surface area contributed by atoms with E-state index in [2.05, 4.69) is 24.1 Å². The molecule has 1 aliphatic heterocycles. The first-order valence-corrected chi connectivity index (χ1v) is 7.52. The predicted octanol–water partition coefficient (Wildman–Crippen LogP) is 2.24. The summed E-state index contributed by atoms with van der Waals surface area (Å²) in [4.78, 5) is 18.8. The van der Waals surface area contributed by atoms with Gasteiger partial charge in [-0.3, -0.25) is 9.78 Å². The van der Waals surface area contributed by atoms with Gasteiger partial charge in [-0.05, 0) is 64.8 Å². The Balaban J connectivity index is 2.09. The van der Waals surface area contributed by atoms with E-state index in [1.807, 2.05) is 24.0 Å². The van der Waals surface area contributed by atoms with Gasteiger partial charge in [-0.25, -0.2) is 0 Å². The van der Waals surface area contributed by atoms with Gasteiger partial charge in [0, 0.05) is 30.0 Å². The molecule has 0 aromatic carbocycles. The van der Waals surface area contributed by atoms with Crippen LogP contribution in [-0.4, -0.2) is 41.5 Å². The highest BCUT2D eigenvalue weighted by molar-refractivity contribution is 5.94. The van der Waals surface area contributed by atoms with Crippen molar-refractivity contribution in [3.63, 3.8) is 0 Å². The second-order valence-electron chi connectivity index (χ2n) is 5.95. The standard InChI is InChI=1S/C16H25N3O/c1-12(2)19(11-14-5-4-7-17-10-14)16(20)15-6-8-18-13(3)9-15/h6,8-9,12,14,17H,4-5,7,10-11H2,1-3H3. The lowest BCUT2D eigenvalue weighted by molar-refractivity contribution is 0.0660. The van der Waals surface area contributed by atoms with E-state index in [1.165, 1.54) is 12.8 Å². The molecule has 0 radical (unpaired) electrons. The summed E-state index contributed by atoms with van der Waals surface area (Å²) in [5, 5.41) is 3.42. The van der Waals surface area contributed by atoms with Crippen LogP contribution in [0.4, 0.5) is 0 Å². The Bertz CT molecular complexity index is 453. The highest BCUT2D eigenvalue weighted by atomic mass is 16.2. The Morgan fingerprint density at radius 1 is 1.55 bits per heavy atom. The van der Waals surface area contributed by atoms with Crippen molar-refractivity contribution in [1.82, 2.24) is 15.2 Å². The minimum Gasteiger partial charge on any atom is -0.336 e. The fraction of sp³-hybridized carbons (Fsp3) is 0.625. The number of carbonyl (C=O) groups is 1. The number of hydrogen-bond acceptors (Lipinski definition) is 3. The molecule has 0 aliphatic carbocycles. The van der Waals surface area contributed by atoms with E-state index in [1.54, 1.807) is 6.20 Å². The lowest BCUT2D eigenvalue weighted by atomic mass is 9.98.